The minimum atomic E-state index is -0.759. The van der Waals surface area contributed by atoms with E-state index in [4.69, 9.17) is 9.15 Å². The Morgan fingerprint density at radius 2 is 2.00 bits per heavy atom. The van der Waals surface area contributed by atoms with Gasteiger partial charge in [-0.15, -0.1) is 0 Å². The fourth-order valence-electron chi connectivity index (χ4n) is 2.88. The number of nitrogens with one attached hydrogen (secondary N) is 1. The number of rotatable bonds is 7. The van der Waals surface area contributed by atoms with Gasteiger partial charge in [0.05, 0.1) is 17.9 Å². The molecule has 4 aromatic rings. The molecule has 9 nitrogen and oxygen atoms in total. The molecule has 1 N–H and O–H groups in total. The maximum atomic E-state index is 13.2. The molecule has 0 fully saturated rings. The molecule has 10 heteroatoms. The number of nitrogens with zero attached hydrogens (tertiary/aromatic N) is 4. The summed E-state index contributed by atoms with van der Waals surface area (Å²) >= 11 is 0. The number of benzene rings is 1. The molecule has 0 unspecified atom stereocenters. The van der Waals surface area contributed by atoms with Crippen LogP contribution in [0.5, 0.6) is 0 Å². The van der Waals surface area contributed by atoms with Crippen LogP contribution < -0.4 is 5.32 Å². The minimum Gasteiger partial charge on any atom is -0.452 e. The van der Waals surface area contributed by atoms with Gasteiger partial charge in [0, 0.05) is 18.5 Å². The summed E-state index contributed by atoms with van der Waals surface area (Å²) in [5.41, 5.74) is 1.22. The molecule has 31 heavy (non-hydrogen) atoms. The van der Waals surface area contributed by atoms with Crippen LogP contribution in [0.3, 0.4) is 0 Å². The summed E-state index contributed by atoms with van der Waals surface area (Å²) in [5.74, 6) is -0.813. The summed E-state index contributed by atoms with van der Waals surface area (Å²) in [5, 5.41) is 11.0. The summed E-state index contributed by atoms with van der Waals surface area (Å²) in [6.45, 7) is 1.61. The second kappa shape index (κ2) is 8.66. The lowest BCUT2D eigenvalue weighted by atomic mass is 10.3. The maximum absolute atomic E-state index is 13.2. The van der Waals surface area contributed by atoms with Crippen LogP contribution >= 0.6 is 0 Å². The highest BCUT2D eigenvalue weighted by atomic mass is 19.1. The highest BCUT2D eigenvalue weighted by Crippen LogP contribution is 2.18. The Kier molecular flexibility index (Phi) is 5.61. The number of ether oxygens (including phenoxy) is 1. The van der Waals surface area contributed by atoms with Gasteiger partial charge < -0.3 is 14.5 Å². The van der Waals surface area contributed by atoms with Gasteiger partial charge in [-0.25, -0.2) is 13.9 Å². The van der Waals surface area contributed by atoms with E-state index >= 15 is 0 Å². The first-order valence-electron chi connectivity index (χ1n) is 9.33. The number of halogens is 1. The zero-order chi connectivity index (χ0) is 21.8. The largest absolute Gasteiger partial charge is 0.452 e. The number of anilines is 1. The number of carbonyl (C=O) groups excluding carboxylic acids is 2. The molecule has 3 aromatic heterocycles. The highest BCUT2D eigenvalue weighted by molar-refractivity contribution is 5.94. The van der Waals surface area contributed by atoms with Crippen LogP contribution in [0.4, 0.5) is 10.2 Å². The third-order valence-corrected chi connectivity index (χ3v) is 4.24. The number of carbonyl (C=O) groups is 2. The molecule has 1 amide bonds. The molecule has 0 saturated heterocycles. The van der Waals surface area contributed by atoms with Crippen molar-refractivity contribution in [3.63, 3.8) is 0 Å². The molecule has 0 aliphatic heterocycles. The molecular formula is C21H18FN5O4. The van der Waals surface area contributed by atoms with Gasteiger partial charge >= 0.3 is 5.97 Å². The van der Waals surface area contributed by atoms with E-state index in [2.05, 4.69) is 15.5 Å². The van der Waals surface area contributed by atoms with Crippen molar-refractivity contribution in [2.45, 2.75) is 13.5 Å². The van der Waals surface area contributed by atoms with E-state index in [9.17, 15) is 14.0 Å². The fourth-order valence-corrected chi connectivity index (χ4v) is 2.88. The van der Waals surface area contributed by atoms with Crippen LogP contribution in [0, 0.1) is 12.7 Å². The van der Waals surface area contributed by atoms with Crippen LogP contribution in [0.1, 0.15) is 22.0 Å². The molecule has 4 rings (SSSR count). The van der Waals surface area contributed by atoms with Crippen LogP contribution in [-0.4, -0.2) is 38.0 Å². The maximum Gasteiger partial charge on any atom is 0.374 e. The lowest BCUT2D eigenvalue weighted by Gasteiger charge is -2.09. The van der Waals surface area contributed by atoms with Crippen molar-refractivity contribution in [2.24, 2.45) is 0 Å². The Labute approximate surface area is 176 Å². The fraction of sp³-hybridized carbons (Fsp3) is 0.143. The van der Waals surface area contributed by atoms with Crippen molar-refractivity contribution in [1.29, 1.82) is 0 Å². The number of esters is 1. The average molecular weight is 423 g/mol. The Hall–Kier alpha value is -4.21. The zero-order valence-corrected chi connectivity index (χ0v) is 16.5. The highest BCUT2D eigenvalue weighted by Gasteiger charge is 2.16. The van der Waals surface area contributed by atoms with Gasteiger partial charge in [-0.05, 0) is 49.4 Å². The van der Waals surface area contributed by atoms with E-state index in [0.29, 0.717) is 29.5 Å². The molecule has 0 saturated carbocycles. The van der Waals surface area contributed by atoms with Crippen molar-refractivity contribution in [3.05, 3.63) is 84.0 Å². The Morgan fingerprint density at radius 1 is 1.19 bits per heavy atom. The van der Waals surface area contributed by atoms with Gasteiger partial charge in [0.2, 0.25) is 5.76 Å². The first-order valence-corrected chi connectivity index (χ1v) is 9.33. The second-order valence-electron chi connectivity index (χ2n) is 6.65. The lowest BCUT2D eigenvalue weighted by molar-refractivity contribution is -0.119. The predicted molar refractivity (Wildman–Crippen MR) is 107 cm³/mol. The third-order valence-electron chi connectivity index (χ3n) is 4.24. The van der Waals surface area contributed by atoms with E-state index in [-0.39, 0.29) is 11.6 Å². The van der Waals surface area contributed by atoms with Crippen molar-refractivity contribution < 1.29 is 23.1 Å². The molecule has 0 spiro atoms. The Bertz CT molecular complexity index is 1200. The van der Waals surface area contributed by atoms with Crippen molar-refractivity contribution in [2.75, 3.05) is 11.9 Å². The summed E-state index contributed by atoms with van der Waals surface area (Å²) in [4.78, 5) is 24.5. The molecule has 3 heterocycles. The standard InChI is InChI=1S/C21H18FN5O4/c1-14-11-19(27(25-14)16-5-3-15(22)4-6-16)24-20(28)13-30-21(29)18-8-7-17(31-18)12-26-10-2-9-23-26/h2-11H,12-13H2,1H3,(H,24,28). The minimum absolute atomic E-state index is 0.0119. The Balaban J connectivity index is 1.35. The van der Waals surface area contributed by atoms with E-state index in [1.54, 1.807) is 42.2 Å². The molecule has 0 bridgehead atoms. The van der Waals surface area contributed by atoms with Gasteiger partial charge in [-0.1, -0.05) is 0 Å². The number of furan rings is 1. The number of hydrogen-bond donors (Lipinski definition) is 1. The van der Waals surface area contributed by atoms with Crippen LogP contribution in [-0.2, 0) is 16.1 Å². The average Bonchev–Trinajstić information content (AvgIpc) is 3.49. The van der Waals surface area contributed by atoms with E-state index < -0.39 is 18.5 Å². The van der Waals surface area contributed by atoms with Crippen molar-refractivity contribution in [1.82, 2.24) is 19.6 Å². The number of aryl methyl sites for hydroxylation is 1. The topological polar surface area (TPSA) is 104 Å². The van der Waals surface area contributed by atoms with E-state index in [1.165, 1.54) is 35.0 Å². The second-order valence-corrected chi connectivity index (χ2v) is 6.65. The van der Waals surface area contributed by atoms with Crippen molar-refractivity contribution >= 4 is 17.7 Å². The third kappa shape index (κ3) is 4.86. The van der Waals surface area contributed by atoms with Gasteiger partial charge in [0.1, 0.15) is 17.4 Å². The smallest absolute Gasteiger partial charge is 0.374 e. The summed E-state index contributed by atoms with van der Waals surface area (Å²) in [6.07, 6.45) is 3.41. The number of amides is 1. The molecule has 158 valence electrons. The SMILES string of the molecule is Cc1cc(NC(=O)COC(=O)c2ccc(Cn3cccn3)o2)n(-c2ccc(F)cc2)n1. The molecule has 0 radical (unpaired) electrons. The molecule has 0 atom stereocenters. The van der Waals surface area contributed by atoms with Gasteiger partial charge in [-0.2, -0.15) is 10.2 Å². The first-order chi connectivity index (χ1) is 15.0. The molecule has 0 aliphatic carbocycles. The van der Waals surface area contributed by atoms with E-state index in [0.717, 1.165) is 0 Å². The molecular weight excluding hydrogens is 405 g/mol. The predicted octanol–water partition coefficient (Wildman–Crippen LogP) is 2.95. The monoisotopic (exact) mass is 423 g/mol. The Morgan fingerprint density at radius 3 is 2.74 bits per heavy atom. The van der Waals surface area contributed by atoms with Crippen LogP contribution in [0.15, 0.2) is 65.3 Å². The van der Waals surface area contributed by atoms with Crippen LogP contribution in [0.2, 0.25) is 0 Å². The number of aromatic nitrogens is 4. The normalized spacial score (nSPS) is 10.8. The summed E-state index contributed by atoms with van der Waals surface area (Å²) < 4.78 is 26.8. The molecule has 1 aromatic carbocycles. The summed E-state index contributed by atoms with van der Waals surface area (Å²) in [7, 11) is 0. The summed E-state index contributed by atoms with van der Waals surface area (Å²) in [6, 6.07) is 12.2. The first kappa shape index (κ1) is 20.1. The van der Waals surface area contributed by atoms with Crippen molar-refractivity contribution in [3.8, 4) is 5.69 Å². The van der Waals surface area contributed by atoms with Gasteiger partial charge in [0.25, 0.3) is 5.91 Å². The van der Waals surface area contributed by atoms with Crippen LogP contribution in [0.25, 0.3) is 5.69 Å². The quantitative estimate of drug-likeness (QED) is 0.459. The van der Waals surface area contributed by atoms with E-state index in [1.807, 2.05) is 0 Å². The van der Waals surface area contributed by atoms with Gasteiger partial charge in [0.15, 0.2) is 6.61 Å². The lowest BCUT2D eigenvalue weighted by Crippen LogP contribution is -2.22. The molecule has 0 aliphatic rings. The number of hydrogen-bond acceptors (Lipinski definition) is 6. The zero-order valence-electron chi connectivity index (χ0n) is 16.5. The van der Waals surface area contributed by atoms with Gasteiger partial charge in [-0.3, -0.25) is 9.48 Å².